The van der Waals surface area contributed by atoms with E-state index in [2.05, 4.69) is 10.1 Å². The van der Waals surface area contributed by atoms with Gasteiger partial charge in [-0.1, -0.05) is 23.7 Å². The SMILES string of the molecule is COC(=O)CNC(=O)CCc1ccc(C)c(Cl)c1. The van der Waals surface area contributed by atoms with Crippen LogP contribution in [0.2, 0.25) is 5.02 Å². The van der Waals surface area contributed by atoms with Crippen LogP contribution in [0.3, 0.4) is 0 Å². The van der Waals surface area contributed by atoms with Crippen molar-refractivity contribution in [3.63, 3.8) is 0 Å². The summed E-state index contributed by atoms with van der Waals surface area (Å²) in [6.45, 7) is 1.83. The molecule has 1 aromatic rings. The molecule has 0 spiro atoms. The summed E-state index contributed by atoms with van der Waals surface area (Å²) >= 11 is 5.99. The average molecular weight is 270 g/mol. The predicted octanol–water partition coefficient (Wildman–Crippen LogP) is 1.87. The first-order chi connectivity index (χ1) is 8.52. The summed E-state index contributed by atoms with van der Waals surface area (Å²) in [5, 5.41) is 3.18. The van der Waals surface area contributed by atoms with E-state index in [9.17, 15) is 9.59 Å². The van der Waals surface area contributed by atoms with Crippen molar-refractivity contribution in [2.24, 2.45) is 0 Å². The number of amides is 1. The van der Waals surface area contributed by atoms with Gasteiger partial charge in [0.2, 0.25) is 5.91 Å². The highest BCUT2D eigenvalue weighted by atomic mass is 35.5. The fourth-order valence-corrected chi connectivity index (χ4v) is 1.58. The second-order valence-electron chi connectivity index (χ2n) is 3.94. The number of methoxy groups -OCH3 is 1. The lowest BCUT2D eigenvalue weighted by molar-refractivity contribution is -0.141. The summed E-state index contributed by atoms with van der Waals surface area (Å²) < 4.78 is 4.42. The highest BCUT2D eigenvalue weighted by Crippen LogP contribution is 2.17. The second kappa shape index (κ2) is 7.01. The first-order valence-electron chi connectivity index (χ1n) is 5.61. The van der Waals surface area contributed by atoms with E-state index >= 15 is 0 Å². The molecule has 0 unspecified atom stereocenters. The molecule has 1 N–H and O–H groups in total. The van der Waals surface area contributed by atoms with Gasteiger partial charge in [-0.05, 0) is 30.5 Å². The van der Waals surface area contributed by atoms with Crippen molar-refractivity contribution in [3.05, 3.63) is 34.3 Å². The van der Waals surface area contributed by atoms with Crippen molar-refractivity contribution >= 4 is 23.5 Å². The van der Waals surface area contributed by atoms with Crippen LogP contribution in [0.5, 0.6) is 0 Å². The van der Waals surface area contributed by atoms with Gasteiger partial charge in [-0.15, -0.1) is 0 Å². The maximum absolute atomic E-state index is 11.4. The van der Waals surface area contributed by atoms with Gasteiger partial charge < -0.3 is 10.1 Å². The molecule has 0 radical (unpaired) electrons. The van der Waals surface area contributed by atoms with E-state index in [4.69, 9.17) is 11.6 Å². The first-order valence-corrected chi connectivity index (χ1v) is 5.99. The van der Waals surface area contributed by atoms with Crippen LogP contribution in [-0.4, -0.2) is 25.5 Å². The molecule has 18 heavy (non-hydrogen) atoms. The standard InChI is InChI=1S/C13H16ClNO3/c1-9-3-4-10(7-11(9)14)5-6-12(16)15-8-13(17)18-2/h3-4,7H,5-6,8H2,1-2H3,(H,15,16). The van der Waals surface area contributed by atoms with E-state index in [1.165, 1.54) is 7.11 Å². The van der Waals surface area contributed by atoms with Gasteiger partial charge in [0.05, 0.1) is 7.11 Å². The smallest absolute Gasteiger partial charge is 0.325 e. The molecule has 0 atom stereocenters. The maximum atomic E-state index is 11.4. The van der Waals surface area contributed by atoms with E-state index in [1.54, 1.807) is 0 Å². The summed E-state index contributed by atoms with van der Waals surface area (Å²) in [6, 6.07) is 5.71. The molecule has 0 aliphatic rings. The number of halogens is 1. The van der Waals surface area contributed by atoms with Gasteiger partial charge in [0.15, 0.2) is 0 Å². The topological polar surface area (TPSA) is 55.4 Å². The zero-order chi connectivity index (χ0) is 13.5. The molecule has 4 nitrogen and oxygen atoms in total. The lowest BCUT2D eigenvalue weighted by Crippen LogP contribution is -2.30. The van der Waals surface area contributed by atoms with Crippen LogP contribution < -0.4 is 5.32 Å². The maximum Gasteiger partial charge on any atom is 0.325 e. The summed E-state index contributed by atoms with van der Waals surface area (Å²) in [7, 11) is 1.28. The number of esters is 1. The van der Waals surface area contributed by atoms with Gasteiger partial charge >= 0.3 is 5.97 Å². The highest BCUT2D eigenvalue weighted by molar-refractivity contribution is 6.31. The monoisotopic (exact) mass is 269 g/mol. The number of hydrogen-bond donors (Lipinski definition) is 1. The van der Waals surface area contributed by atoms with Crippen LogP contribution in [0.1, 0.15) is 17.5 Å². The average Bonchev–Trinajstić information content (AvgIpc) is 2.37. The highest BCUT2D eigenvalue weighted by Gasteiger charge is 2.06. The number of aryl methyl sites for hydroxylation is 2. The molecule has 0 aliphatic heterocycles. The Balaban J connectivity index is 2.38. The second-order valence-corrected chi connectivity index (χ2v) is 4.34. The Hall–Kier alpha value is -1.55. The summed E-state index contributed by atoms with van der Waals surface area (Å²) in [5.74, 6) is -0.640. The van der Waals surface area contributed by atoms with Crippen LogP contribution in [0, 0.1) is 6.92 Å². The Kier molecular flexibility index (Phi) is 5.65. The molecule has 0 heterocycles. The molecule has 1 rings (SSSR count). The summed E-state index contributed by atoms with van der Waals surface area (Å²) in [6.07, 6.45) is 0.906. The van der Waals surface area contributed by atoms with Crippen molar-refractivity contribution in [2.45, 2.75) is 19.8 Å². The lowest BCUT2D eigenvalue weighted by atomic mass is 10.1. The van der Waals surface area contributed by atoms with Crippen molar-refractivity contribution in [2.75, 3.05) is 13.7 Å². The van der Waals surface area contributed by atoms with E-state index in [0.717, 1.165) is 11.1 Å². The molecule has 98 valence electrons. The molecular formula is C13H16ClNO3. The Morgan fingerprint density at radius 3 is 2.72 bits per heavy atom. The van der Waals surface area contributed by atoms with E-state index in [0.29, 0.717) is 17.9 Å². The van der Waals surface area contributed by atoms with E-state index < -0.39 is 5.97 Å². The number of rotatable bonds is 5. The number of benzene rings is 1. The van der Waals surface area contributed by atoms with Gasteiger partial charge in [-0.3, -0.25) is 9.59 Å². The molecular weight excluding hydrogens is 254 g/mol. The Labute approximate surface area is 111 Å². The Morgan fingerprint density at radius 1 is 1.39 bits per heavy atom. The number of carbonyl (C=O) groups excluding carboxylic acids is 2. The third-order valence-electron chi connectivity index (χ3n) is 2.53. The van der Waals surface area contributed by atoms with Gasteiger partial charge in [-0.25, -0.2) is 0 Å². The van der Waals surface area contributed by atoms with Crippen molar-refractivity contribution in [1.29, 1.82) is 0 Å². The van der Waals surface area contributed by atoms with Crippen molar-refractivity contribution < 1.29 is 14.3 Å². The minimum atomic E-state index is -0.457. The van der Waals surface area contributed by atoms with Crippen LogP contribution in [0.15, 0.2) is 18.2 Å². The van der Waals surface area contributed by atoms with Crippen LogP contribution in [0.25, 0.3) is 0 Å². The van der Waals surface area contributed by atoms with Crippen LogP contribution >= 0.6 is 11.6 Å². The molecule has 0 saturated heterocycles. The third kappa shape index (κ3) is 4.75. The number of nitrogens with one attached hydrogen (secondary N) is 1. The van der Waals surface area contributed by atoms with Crippen LogP contribution in [0.4, 0.5) is 0 Å². The lowest BCUT2D eigenvalue weighted by Gasteiger charge is -2.05. The quantitative estimate of drug-likeness (QED) is 0.831. The van der Waals surface area contributed by atoms with Gasteiger partial charge in [-0.2, -0.15) is 0 Å². The molecule has 0 bridgehead atoms. The van der Waals surface area contributed by atoms with E-state index in [1.807, 2.05) is 25.1 Å². The minimum absolute atomic E-state index is 0.0933. The van der Waals surface area contributed by atoms with Crippen molar-refractivity contribution in [1.82, 2.24) is 5.32 Å². The first kappa shape index (κ1) is 14.5. The van der Waals surface area contributed by atoms with Gasteiger partial charge in [0, 0.05) is 11.4 Å². The summed E-state index contributed by atoms with van der Waals surface area (Å²) in [4.78, 5) is 22.3. The molecule has 5 heteroatoms. The molecule has 0 fully saturated rings. The molecule has 0 aliphatic carbocycles. The molecule has 0 aromatic heterocycles. The number of ether oxygens (including phenoxy) is 1. The normalized spacial score (nSPS) is 9.94. The summed E-state index contributed by atoms with van der Waals surface area (Å²) in [5.41, 5.74) is 2.01. The molecule has 0 saturated carbocycles. The zero-order valence-corrected chi connectivity index (χ0v) is 11.2. The zero-order valence-electron chi connectivity index (χ0n) is 10.5. The largest absolute Gasteiger partial charge is 0.468 e. The predicted molar refractivity (Wildman–Crippen MR) is 69.5 cm³/mol. The molecule has 1 aromatic carbocycles. The molecule has 1 amide bonds. The van der Waals surface area contributed by atoms with E-state index in [-0.39, 0.29) is 12.5 Å². The minimum Gasteiger partial charge on any atom is -0.468 e. The fraction of sp³-hybridized carbons (Fsp3) is 0.385. The van der Waals surface area contributed by atoms with Crippen LogP contribution in [-0.2, 0) is 20.7 Å². The Morgan fingerprint density at radius 2 is 2.11 bits per heavy atom. The fourth-order valence-electron chi connectivity index (χ4n) is 1.38. The van der Waals surface area contributed by atoms with Gasteiger partial charge in [0.1, 0.15) is 6.54 Å². The van der Waals surface area contributed by atoms with Gasteiger partial charge in [0.25, 0.3) is 0 Å². The number of hydrogen-bond acceptors (Lipinski definition) is 3. The number of carbonyl (C=O) groups is 2. The van der Waals surface area contributed by atoms with Crippen molar-refractivity contribution in [3.8, 4) is 0 Å². The Bertz CT molecular complexity index is 446. The third-order valence-corrected chi connectivity index (χ3v) is 2.94.